The number of carbonyl (C=O) groups is 1. The molecule has 0 radical (unpaired) electrons. The van der Waals surface area contributed by atoms with Gasteiger partial charge in [-0.05, 0) is 25.8 Å². The van der Waals surface area contributed by atoms with E-state index in [0.717, 1.165) is 38.1 Å². The molecule has 5 heteroatoms. The van der Waals surface area contributed by atoms with Gasteiger partial charge in [-0.1, -0.05) is 19.8 Å². The van der Waals surface area contributed by atoms with E-state index in [1.54, 1.807) is 12.3 Å². The molecule has 2 rings (SSSR count). The van der Waals surface area contributed by atoms with Crippen molar-refractivity contribution in [2.24, 2.45) is 5.41 Å². The van der Waals surface area contributed by atoms with Crippen LogP contribution in [-0.2, 0) is 11.3 Å². The molecular weight excluding hydrogens is 266 g/mol. The summed E-state index contributed by atoms with van der Waals surface area (Å²) in [5, 5.41) is 13.0. The highest BCUT2D eigenvalue weighted by Gasteiger charge is 2.35. The summed E-state index contributed by atoms with van der Waals surface area (Å²) in [6, 6.07) is 0. The highest BCUT2D eigenvalue weighted by molar-refractivity contribution is 5.91. The van der Waals surface area contributed by atoms with Crippen molar-refractivity contribution in [3.63, 3.8) is 0 Å². The minimum Gasteiger partial charge on any atom is -0.392 e. The average Bonchev–Trinajstić information content (AvgIpc) is 2.94. The standard InChI is InChI=1S/C16H25N3O2/c1-3-19-11-10-17-14(19)7-8-15(21)18-12-16(2)9-5-4-6-13(16)20/h7-8,10-11,13,20H,3-6,9,12H2,1-2H3,(H,18,21)/b8-7+. The Morgan fingerprint density at radius 3 is 3.14 bits per heavy atom. The van der Waals surface area contributed by atoms with Gasteiger partial charge in [0.1, 0.15) is 5.82 Å². The highest BCUT2D eigenvalue weighted by atomic mass is 16.3. The van der Waals surface area contributed by atoms with Gasteiger partial charge in [0.05, 0.1) is 6.10 Å². The molecule has 0 aromatic carbocycles. The predicted molar refractivity (Wildman–Crippen MR) is 82.5 cm³/mol. The van der Waals surface area contributed by atoms with Gasteiger partial charge >= 0.3 is 0 Å². The van der Waals surface area contributed by atoms with Crippen molar-refractivity contribution in [3.8, 4) is 0 Å². The van der Waals surface area contributed by atoms with Gasteiger partial charge < -0.3 is 15.0 Å². The Morgan fingerprint density at radius 2 is 2.43 bits per heavy atom. The second-order valence-corrected chi connectivity index (χ2v) is 6.04. The summed E-state index contributed by atoms with van der Waals surface area (Å²) >= 11 is 0. The van der Waals surface area contributed by atoms with Crippen molar-refractivity contribution in [1.29, 1.82) is 0 Å². The quantitative estimate of drug-likeness (QED) is 0.815. The van der Waals surface area contributed by atoms with Gasteiger partial charge in [-0.25, -0.2) is 4.98 Å². The molecule has 1 amide bonds. The van der Waals surface area contributed by atoms with Crippen LogP contribution in [0.3, 0.4) is 0 Å². The van der Waals surface area contributed by atoms with Crippen molar-refractivity contribution in [1.82, 2.24) is 14.9 Å². The Bertz CT molecular complexity index is 509. The Labute approximate surface area is 126 Å². The summed E-state index contributed by atoms with van der Waals surface area (Å²) in [4.78, 5) is 16.1. The molecule has 0 spiro atoms. The zero-order valence-corrected chi connectivity index (χ0v) is 12.9. The third kappa shape index (κ3) is 3.94. The predicted octanol–water partition coefficient (Wildman–Crippen LogP) is 1.97. The largest absolute Gasteiger partial charge is 0.392 e. The smallest absolute Gasteiger partial charge is 0.244 e. The number of hydrogen-bond acceptors (Lipinski definition) is 3. The molecule has 1 aliphatic carbocycles. The number of nitrogens with zero attached hydrogens (tertiary/aromatic N) is 2. The third-order valence-electron chi connectivity index (χ3n) is 4.42. The summed E-state index contributed by atoms with van der Waals surface area (Å²) in [5.74, 6) is 0.635. The van der Waals surface area contributed by atoms with Gasteiger partial charge in [0.2, 0.25) is 5.91 Å². The fourth-order valence-corrected chi connectivity index (χ4v) is 2.83. The lowest BCUT2D eigenvalue weighted by atomic mass is 9.73. The van der Waals surface area contributed by atoms with Crippen LogP contribution in [-0.4, -0.2) is 33.2 Å². The molecule has 1 aliphatic rings. The minimum atomic E-state index is -0.325. The number of rotatable bonds is 5. The van der Waals surface area contributed by atoms with E-state index < -0.39 is 0 Å². The molecule has 1 aromatic rings. The van der Waals surface area contributed by atoms with E-state index in [2.05, 4.69) is 10.3 Å². The number of nitrogens with one attached hydrogen (secondary N) is 1. The van der Waals surface area contributed by atoms with Gasteiger partial charge in [-0.2, -0.15) is 0 Å². The maximum atomic E-state index is 11.9. The van der Waals surface area contributed by atoms with Crippen LogP contribution in [0.15, 0.2) is 18.5 Å². The van der Waals surface area contributed by atoms with E-state index in [1.165, 1.54) is 6.08 Å². The van der Waals surface area contributed by atoms with E-state index in [-0.39, 0.29) is 17.4 Å². The minimum absolute atomic E-state index is 0.139. The van der Waals surface area contributed by atoms with Crippen molar-refractivity contribution in [3.05, 3.63) is 24.3 Å². The molecule has 1 saturated carbocycles. The molecular formula is C16H25N3O2. The lowest BCUT2D eigenvalue weighted by Crippen LogP contribution is -2.44. The van der Waals surface area contributed by atoms with Crippen LogP contribution in [0.2, 0.25) is 0 Å². The lowest BCUT2D eigenvalue weighted by molar-refractivity contribution is -0.117. The molecule has 0 bridgehead atoms. The maximum Gasteiger partial charge on any atom is 0.244 e. The summed E-state index contributed by atoms with van der Waals surface area (Å²) in [6.07, 6.45) is 10.5. The van der Waals surface area contributed by atoms with Crippen molar-refractivity contribution < 1.29 is 9.90 Å². The number of aromatic nitrogens is 2. The molecule has 2 unspecified atom stereocenters. The van der Waals surface area contributed by atoms with Gasteiger partial charge in [0.25, 0.3) is 0 Å². The van der Waals surface area contributed by atoms with Crippen molar-refractivity contribution >= 4 is 12.0 Å². The van der Waals surface area contributed by atoms with E-state index in [4.69, 9.17) is 0 Å². The van der Waals surface area contributed by atoms with E-state index >= 15 is 0 Å². The number of aryl methyl sites for hydroxylation is 1. The van der Waals surface area contributed by atoms with Crippen LogP contribution in [0, 0.1) is 5.41 Å². The Morgan fingerprint density at radius 1 is 1.62 bits per heavy atom. The normalized spacial score (nSPS) is 26.1. The second kappa shape index (κ2) is 6.89. The first-order valence-corrected chi connectivity index (χ1v) is 7.70. The molecule has 2 N–H and O–H groups in total. The van der Waals surface area contributed by atoms with Crippen LogP contribution in [0.25, 0.3) is 6.08 Å². The zero-order valence-electron chi connectivity index (χ0n) is 12.9. The van der Waals surface area contributed by atoms with E-state index in [1.807, 2.05) is 24.6 Å². The molecule has 1 aromatic heterocycles. The fraction of sp³-hybridized carbons (Fsp3) is 0.625. The van der Waals surface area contributed by atoms with Gasteiger partial charge in [-0.15, -0.1) is 0 Å². The van der Waals surface area contributed by atoms with Crippen molar-refractivity contribution in [2.45, 2.75) is 52.2 Å². The Hall–Kier alpha value is -1.62. The molecule has 1 fully saturated rings. The number of aliphatic hydroxyl groups excluding tert-OH is 1. The average molecular weight is 291 g/mol. The van der Waals surface area contributed by atoms with Crippen LogP contribution >= 0.6 is 0 Å². The second-order valence-electron chi connectivity index (χ2n) is 6.04. The summed E-state index contributed by atoms with van der Waals surface area (Å²) in [7, 11) is 0. The molecule has 1 heterocycles. The van der Waals surface area contributed by atoms with Gasteiger partial charge in [0, 0.05) is 37.0 Å². The summed E-state index contributed by atoms with van der Waals surface area (Å²) < 4.78 is 1.97. The molecule has 5 nitrogen and oxygen atoms in total. The van der Waals surface area contributed by atoms with Crippen LogP contribution in [0.5, 0.6) is 0 Å². The Kier molecular flexibility index (Phi) is 5.17. The fourth-order valence-electron chi connectivity index (χ4n) is 2.83. The highest BCUT2D eigenvalue weighted by Crippen LogP contribution is 2.35. The first kappa shape index (κ1) is 15.8. The SMILES string of the molecule is CCn1ccnc1/C=C/C(=O)NCC1(C)CCCCC1O. The van der Waals surface area contributed by atoms with Gasteiger partial charge in [-0.3, -0.25) is 4.79 Å². The molecule has 116 valence electrons. The summed E-state index contributed by atoms with van der Waals surface area (Å²) in [5.41, 5.74) is -0.205. The number of aliphatic hydroxyl groups is 1. The molecule has 0 saturated heterocycles. The number of amides is 1. The van der Waals surface area contributed by atoms with Crippen molar-refractivity contribution in [2.75, 3.05) is 6.54 Å². The van der Waals surface area contributed by atoms with Crippen LogP contribution < -0.4 is 5.32 Å². The topological polar surface area (TPSA) is 67.2 Å². The zero-order chi connectivity index (χ0) is 15.3. The maximum absolute atomic E-state index is 11.9. The van der Waals surface area contributed by atoms with E-state index in [0.29, 0.717) is 6.54 Å². The first-order valence-electron chi connectivity index (χ1n) is 7.70. The lowest BCUT2D eigenvalue weighted by Gasteiger charge is -2.38. The van der Waals surface area contributed by atoms with E-state index in [9.17, 15) is 9.90 Å². The molecule has 0 aliphatic heterocycles. The summed E-state index contributed by atoms with van der Waals surface area (Å²) in [6.45, 7) is 5.42. The number of imidazole rings is 1. The van der Waals surface area contributed by atoms with Crippen LogP contribution in [0.4, 0.5) is 0 Å². The number of carbonyl (C=O) groups excluding carboxylic acids is 1. The van der Waals surface area contributed by atoms with Crippen LogP contribution in [0.1, 0.15) is 45.4 Å². The monoisotopic (exact) mass is 291 g/mol. The number of hydrogen-bond donors (Lipinski definition) is 2. The third-order valence-corrected chi connectivity index (χ3v) is 4.42. The molecule has 21 heavy (non-hydrogen) atoms. The Balaban J connectivity index is 1.87. The molecule has 2 atom stereocenters. The van der Waals surface area contributed by atoms with Gasteiger partial charge in [0.15, 0.2) is 0 Å². The first-order chi connectivity index (χ1) is 10.0.